The molecular formula is C61H84N14O12. The first-order valence-corrected chi connectivity index (χ1v) is 28.4. The van der Waals surface area contributed by atoms with Crippen molar-refractivity contribution in [3.8, 4) is 23.0 Å². The van der Waals surface area contributed by atoms with Crippen LogP contribution in [0.4, 0.5) is 0 Å². The van der Waals surface area contributed by atoms with Crippen molar-refractivity contribution in [1.29, 1.82) is 0 Å². The van der Waals surface area contributed by atoms with Gasteiger partial charge in [0, 0.05) is 51.9 Å². The van der Waals surface area contributed by atoms with E-state index in [1.807, 2.05) is 0 Å². The van der Waals surface area contributed by atoms with Gasteiger partial charge in [0.05, 0.1) is 68.8 Å². The number of aliphatic imine (C=N–C) groups is 3. The Bertz CT molecular complexity index is 3140. The molecule has 26 nitrogen and oxygen atoms in total. The standard InChI is InChI=1S/C61H84N14O12/c1-36(76)28-37-15-19-52(85-3)42(29-37)56(81)73-46(13-10-26-71-60(65)66)49(78)34-39-17-21-54(87-5)44(31-39)58(83)75-47(14-11-27-72-61(67)68)50(79)35-40-18-22-53(86-4)43(32-40)57(82)74-45(12-9-25-70-59(63)64)48(77)33-38-16-20-51(84-2)41(30-38)55(80)69-24-8-6-7-23-62/h15-22,29-32,45-47H,6-14,23-28,33-35,62H2,1-5H3,(H,69,80)(H,73,81)(H,74,82)(H,75,83)(H4,63,64,70)(H4,65,66,71)(H4,67,68,72)/t45-,46-,47-/m1/s1. The average Bonchev–Trinajstić information content (AvgIpc) is 2.54. The molecule has 0 spiro atoms. The van der Waals surface area contributed by atoms with E-state index in [2.05, 4.69) is 36.2 Å². The number of unbranched alkanes of at least 4 members (excludes halogenated alkanes) is 2. The molecule has 4 amide bonds. The Morgan fingerprint density at radius 2 is 0.713 bits per heavy atom. The Labute approximate surface area is 506 Å². The summed E-state index contributed by atoms with van der Waals surface area (Å²) in [4.78, 5) is 123. The maximum absolute atomic E-state index is 14.5. The Balaban J connectivity index is 1.61. The molecule has 0 aliphatic rings. The van der Waals surface area contributed by atoms with E-state index in [-0.39, 0.29) is 146 Å². The fourth-order valence-corrected chi connectivity index (χ4v) is 9.33. The fraction of sp³-hybridized carbons (Fsp3) is 0.426. The summed E-state index contributed by atoms with van der Waals surface area (Å²) in [6.07, 6.45) is 2.90. The van der Waals surface area contributed by atoms with Gasteiger partial charge in [0.1, 0.15) is 28.8 Å². The van der Waals surface area contributed by atoms with E-state index in [0.717, 1.165) is 19.3 Å². The first kappa shape index (κ1) is 69.9. The highest BCUT2D eigenvalue weighted by molar-refractivity contribution is 6.04. The van der Waals surface area contributed by atoms with Crippen LogP contribution < -0.4 is 80.4 Å². The van der Waals surface area contributed by atoms with Crippen molar-refractivity contribution in [2.75, 3.05) is 61.2 Å². The molecule has 3 atom stereocenters. The number of nitrogens with two attached hydrogens (primary N) is 7. The van der Waals surface area contributed by atoms with Gasteiger partial charge in [-0.15, -0.1) is 0 Å². The van der Waals surface area contributed by atoms with Crippen LogP contribution in [-0.2, 0) is 44.9 Å². The number of methoxy groups -OCH3 is 4. The predicted octanol–water partition coefficient (Wildman–Crippen LogP) is 1.60. The molecule has 4 aromatic carbocycles. The zero-order chi connectivity index (χ0) is 64.0. The van der Waals surface area contributed by atoms with Gasteiger partial charge < -0.3 is 80.4 Å². The van der Waals surface area contributed by atoms with Crippen molar-refractivity contribution < 1.29 is 57.3 Å². The van der Waals surface area contributed by atoms with Gasteiger partial charge in [0.15, 0.2) is 35.2 Å². The summed E-state index contributed by atoms with van der Waals surface area (Å²) < 4.78 is 22.1. The predicted molar refractivity (Wildman–Crippen MR) is 331 cm³/mol. The van der Waals surface area contributed by atoms with Crippen molar-refractivity contribution in [3.63, 3.8) is 0 Å². The number of rotatable bonds is 39. The van der Waals surface area contributed by atoms with Gasteiger partial charge in [-0.05, 0) is 136 Å². The summed E-state index contributed by atoms with van der Waals surface area (Å²) in [6.45, 7) is 2.84. The highest BCUT2D eigenvalue weighted by Gasteiger charge is 2.29. The second-order valence-corrected chi connectivity index (χ2v) is 20.5. The first-order valence-electron chi connectivity index (χ1n) is 28.4. The number of ketones is 4. The Kier molecular flexibility index (Phi) is 29.2. The second kappa shape index (κ2) is 36.3. The number of Topliss-reactive ketones (excluding diaryl/α,β-unsaturated/α-hetero) is 4. The van der Waals surface area contributed by atoms with Crippen molar-refractivity contribution in [3.05, 3.63) is 117 Å². The van der Waals surface area contributed by atoms with E-state index in [0.29, 0.717) is 53.9 Å². The van der Waals surface area contributed by atoms with E-state index < -0.39 is 47.4 Å². The molecule has 18 N–H and O–H groups in total. The second-order valence-electron chi connectivity index (χ2n) is 20.5. The minimum atomic E-state index is -1.16. The van der Waals surface area contributed by atoms with Crippen LogP contribution in [0.2, 0.25) is 0 Å². The molecule has 0 unspecified atom stereocenters. The molecular weight excluding hydrogens is 1120 g/mol. The maximum atomic E-state index is 14.5. The quantitative estimate of drug-likeness (QED) is 0.0172. The number of carbonyl (C=O) groups excluding carboxylic acids is 8. The normalized spacial score (nSPS) is 11.7. The Morgan fingerprint density at radius 3 is 0.989 bits per heavy atom. The molecule has 0 aliphatic heterocycles. The summed E-state index contributed by atoms with van der Waals surface area (Å²) in [7, 11) is 5.54. The smallest absolute Gasteiger partial charge is 0.255 e. The molecule has 470 valence electrons. The maximum Gasteiger partial charge on any atom is 0.255 e. The Morgan fingerprint density at radius 1 is 0.414 bits per heavy atom. The van der Waals surface area contributed by atoms with Crippen LogP contribution in [0.25, 0.3) is 0 Å². The molecule has 0 fully saturated rings. The van der Waals surface area contributed by atoms with E-state index in [1.54, 1.807) is 42.5 Å². The van der Waals surface area contributed by atoms with Gasteiger partial charge in [-0.3, -0.25) is 53.3 Å². The van der Waals surface area contributed by atoms with Crippen LogP contribution in [0, 0.1) is 0 Å². The van der Waals surface area contributed by atoms with E-state index in [9.17, 15) is 38.4 Å². The number of guanidine groups is 3. The van der Waals surface area contributed by atoms with Crippen molar-refractivity contribution >= 4 is 64.6 Å². The highest BCUT2D eigenvalue weighted by Crippen LogP contribution is 2.26. The zero-order valence-electron chi connectivity index (χ0n) is 50.2. The summed E-state index contributed by atoms with van der Waals surface area (Å²) >= 11 is 0. The molecule has 87 heavy (non-hydrogen) atoms. The third-order valence-electron chi connectivity index (χ3n) is 13.7. The van der Waals surface area contributed by atoms with Crippen molar-refractivity contribution in [1.82, 2.24) is 21.3 Å². The van der Waals surface area contributed by atoms with E-state index in [1.165, 1.54) is 65.7 Å². The fourth-order valence-electron chi connectivity index (χ4n) is 9.33. The average molecular weight is 1210 g/mol. The van der Waals surface area contributed by atoms with Crippen molar-refractivity contribution in [2.24, 2.45) is 55.1 Å². The molecule has 0 radical (unpaired) electrons. The van der Waals surface area contributed by atoms with E-state index >= 15 is 0 Å². The van der Waals surface area contributed by atoms with Gasteiger partial charge in [-0.2, -0.15) is 0 Å². The largest absolute Gasteiger partial charge is 0.496 e. The molecule has 26 heteroatoms. The summed E-state index contributed by atoms with van der Waals surface area (Å²) in [5.41, 5.74) is 41.1. The third kappa shape index (κ3) is 23.4. The van der Waals surface area contributed by atoms with E-state index in [4.69, 9.17) is 59.1 Å². The van der Waals surface area contributed by atoms with Gasteiger partial charge in [-0.1, -0.05) is 30.7 Å². The highest BCUT2D eigenvalue weighted by atomic mass is 16.5. The lowest BCUT2D eigenvalue weighted by Crippen LogP contribution is -2.42. The minimum absolute atomic E-state index is 0.00158. The number of ether oxygens (including phenoxy) is 4. The van der Waals surface area contributed by atoms with Crippen LogP contribution in [0.1, 0.15) is 128 Å². The molecule has 0 saturated heterocycles. The number of hydrogen-bond donors (Lipinski definition) is 11. The van der Waals surface area contributed by atoms with Crippen LogP contribution >= 0.6 is 0 Å². The number of carbonyl (C=O) groups is 8. The summed E-state index contributed by atoms with van der Waals surface area (Å²) in [5, 5.41) is 11.4. The van der Waals surface area contributed by atoms with Gasteiger partial charge in [0.25, 0.3) is 23.6 Å². The van der Waals surface area contributed by atoms with Gasteiger partial charge >= 0.3 is 0 Å². The number of hydrogen-bond acceptors (Lipinski definition) is 16. The Hall–Kier alpha value is -9.59. The minimum Gasteiger partial charge on any atom is -0.496 e. The van der Waals surface area contributed by atoms with Crippen molar-refractivity contribution in [2.45, 2.75) is 109 Å². The van der Waals surface area contributed by atoms with Crippen LogP contribution in [0.3, 0.4) is 0 Å². The molecule has 0 aromatic heterocycles. The topological polar surface area (TPSA) is 441 Å². The summed E-state index contributed by atoms with van der Waals surface area (Å²) in [5.74, 6) is -3.51. The first-order chi connectivity index (χ1) is 41.6. The number of benzene rings is 4. The number of amides is 4. The van der Waals surface area contributed by atoms with Crippen LogP contribution in [0.15, 0.2) is 87.8 Å². The molecule has 4 rings (SSSR count). The lowest BCUT2D eigenvalue weighted by Gasteiger charge is -2.21. The zero-order valence-corrected chi connectivity index (χ0v) is 50.2. The van der Waals surface area contributed by atoms with Crippen LogP contribution in [0.5, 0.6) is 23.0 Å². The molecule has 0 aliphatic carbocycles. The molecule has 0 bridgehead atoms. The molecule has 0 saturated carbocycles. The monoisotopic (exact) mass is 1200 g/mol. The lowest BCUT2D eigenvalue weighted by molar-refractivity contribution is -0.121. The SMILES string of the molecule is COc1ccc(CC(=O)[C@@H](CCCN=C(N)N)NC(=O)c2cc(CC(=O)[C@@H](CCCN=C(N)N)NC(=O)c3cc(CC(=O)[C@@H](CCCN=C(N)N)NC(=O)c4cc(CC(C)=O)ccc4OC)ccc3OC)ccc2OC)cc1C(=O)NCCCCCN. The number of nitrogens with one attached hydrogen (secondary N) is 4. The lowest BCUT2D eigenvalue weighted by atomic mass is 9.96. The molecule has 4 aromatic rings. The van der Waals surface area contributed by atoms with Gasteiger partial charge in [0.2, 0.25) is 0 Å². The molecule has 0 heterocycles. The van der Waals surface area contributed by atoms with Crippen LogP contribution in [-0.4, -0.2) is 144 Å². The summed E-state index contributed by atoms with van der Waals surface area (Å²) in [6, 6.07) is 15.4. The number of nitrogens with zero attached hydrogens (tertiary/aromatic N) is 3. The van der Waals surface area contributed by atoms with Gasteiger partial charge in [-0.25, -0.2) is 0 Å². The third-order valence-corrected chi connectivity index (χ3v) is 13.7.